The molecule has 0 fully saturated rings. The molecule has 6 nitrogen and oxygen atoms in total. The van der Waals surface area contributed by atoms with E-state index in [-0.39, 0.29) is 5.56 Å². The number of pyridine rings is 1. The monoisotopic (exact) mass is 289 g/mol. The van der Waals surface area contributed by atoms with Crippen molar-refractivity contribution in [3.05, 3.63) is 41.6 Å². The molecule has 0 aliphatic carbocycles. The molecule has 0 atom stereocenters. The zero-order valence-corrected chi connectivity index (χ0v) is 11.9. The summed E-state index contributed by atoms with van der Waals surface area (Å²) in [5, 5.41) is 8.93. The second kappa shape index (κ2) is 6.13. The summed E-state index contributed by atoms with van der Waals surface area (Å²) < 4.78 is 16.2. The van der Waals surface area contributed by atoms with E-state index in [1.54, 1.807) is 25.1 Å². The van der Waals surface area contributed by atoms with Crippen LogP contribution in [0.4, 0.5) is 0 Å². The molecule has 0 saturated carbocycles. The van der Waals surface area contributed by atoms with E-state index in [0.29, 0.717) is 28.7 Å². The summed E-state index contributed by atoms with van der Waals surface area (Å²) in [6.07, 6.45) is 1.24. The molecule has 1 heterocycles. The predicted octanol–water partition coefficient (Wildman–Crippen LogP) is 2.90. The lowest BCUT2D eigenvalue weighted by Crippen LogP contribution is -2.01. The third-order valence-corrected chi connectivity index (χ3v) is 2.86. The summed E-state index contributed by atoms with van der Waals surface area (Å²) in [6.45, 7) is 1.72. The molecule has 1 N–H and O–H groups in total. The molecule has 6 heteroatoms. The number of rotatable bonds is 5. The number of carboxylic acids is 1. The Balaban J connectivity index is 2.40. The van der Waals surface area contributed by atoms with Gasteiger partial charge in [-0.3, -0.25) is 0 Å². The zero-order valence-electron chi connectivity index (χ0n) is 11.9. The van der Waals surface area contributed by atoms with Gasteiger partial charge in [-0.15, -0.1) is 0 Å². The van der Waals surface area contributed by atoms with Crippen LogP contribution in [0.2, 0.25) is 0 Å². The maximum Gasteiger partial charge on any atom is 0.337 e. The van der Waals surface area contributed by atoms with Crippen molar-refractivity contribution in [3.63, 3.8) is 0 Å². The molecule has 110 valence electrons. The van der Waals surface area contributed by atoms with Gasteiger partial charge in [0.25, 0.3) is 0 Å². The number of hydrogen-bond acceptors (Lipinski definition) is 5. The van der Waals surface area contributed by atoms with E-state index in [2.05, 4.69) is 4.98 Å². The molecule has 2 aromatic rings. The number of carbonyl (C=O) groups is 1. The number of aromatic carboxylic acids is 1. The fourth-order valence-electron chi connectivity index (χ4n) is 1.80. The number of nitrogens with zero attached hydrogens (tertiary/aromatic N) is 1. The van der Waals surface area contributed by atoms with Gasteiger partial charge in [0.15, 0.2) is 11.5 Å². The summed E-state index contributed by atoms with van der Waals surface area (Å²) >= 11 is 0. The third-order valence-electron chi connectivity index (χ3n) is 2.86. The van der Waals surface area contributed by atoms with Crippen LogP contribution in [0.5, 0.6) is 23.1 Å². The number of methoxy groups -OCH3 is 2. The van der Waals surface area contributed by atoms with Crippen molar-refractivity contribution in [3.8, 4) is 23.1 Å². The van der Waals surface area contributed by atoms with Crippen molar-refractivity contribution in [1.82, 2.24) is 4.98 Å². The number of hydrogen-bond donors (Lipinski definition) is 1. The molecule has 0 unspecified atom stereocenters. The number of carboxylic acid groups (broad SMARTS) is 1. The lowest BCUT2D eigenvalue weighted by molar-refractivity contribution is 0.0696. The second-order valence-electron chi connectivity index (χ2n) is 4.24. The van der Waals surface area contributed by atoms with E-state index >= 15 is 0 Å². The van der Waals surface area contributed by atoms with Gasteiger partial charge in [0.05, 0.1) is 19.8 Å². The fraction of sp³-hybridized carbons (Fsp3) is 0.200. The summed E-state index contributed by atoms with van der Waals surface area (Å²) in [5.41, 5.74) is 0.703. The number of aromatic nitrogens is 1. The largest absolute Gasteiger partial charge is 0.493 e. The maximum atomic E-state index is 10.9. The molecular formula is C15H15NO5. The Kier molecular flexibility index (Phi) is 4.27. The zero-order chi connectivity index (χ0) is 15.4. The van der Waals surface area contributed by atoms with Gasteiger partial charge in [0.1, 0.15) is 0 Å². The van der Waals surface area contributed by atoms with Crippen LogP contribution >= 0.6 is 0 Å². The van der Waals surface area contributed by atoms with Crippen LogP contribution in [-0.2, 0) is 0 Å². The minimum absolute atomic E-state index is 0.104. The molecule has 0 radical (unpaired) electrons. The highest BCUT2D eigenvalue weighted by atomic mass is 16.5. The van der Waals surface area contributed by atoms with E-state index in [1.807, 2.05) is 0 Å². The topological polar surface area (TPSA) is 77.9 Å². The molecule has 2 rings (SSSR count). The number of para-hydroxylation sites is 1. The Morgan fingerprint density at radius 2 is 1.81 bits per heavy atom. The van der Waals surface area contributed by atoms with Crippen molar-refractivity contribution in [2.45, 2.75) is 6.92 Å². The average molecular weight is 289 g/mol. The lowest BCUT2D eigenvalue weighted by Gasteiger charge is -2.14. The van der Waals surface area contributed by atoms with Gasteiger partial charge in [-0.05, 0) is 25.1 Å². The highest BCUT2D eigenvalue weighted by molar-refractivity contribution is 5.87. The van der Waals surface area contributed by atoms with Crippen LogP contribution in [0, 0.1) is 6.92 Å². The van der Waals surface area contributed by atoms with Gasteiger partial charge in [-0.25, -0.2) is 9.78 Å². The smallest absolute Gasteiger partial charge is 0.337 e. The number of aryl methyl sites for hydroxylation is 1. The molecule has 0 spiro atoms. The SMILES string of the molecule is COc1cccc(OC)c1Oc1ncc(C(=O)O)cc1C. The standard InChI is InChI=1S/C15H15NO5/c1-9-7-10(15(17)18)8-16-14(9)21-13-11(19-2)5-4-6-12(13)20-3/h4-8H,1-3H3,(H,17,18). The Labute approximate surface area is 121 Å². The van der Waals surface area contributed by atoms with Gasteiger partial charge < -0.3 is 19.3 Å². The summed E-state index contributed by atoms with van der Waals surface area (Å²) in [7, 11) is 3.05. The van der Waals surface area contributed by atoms with Crippen LogP contribution in [0.15, 0.2) is 30.5 Å². The van der Waals surface area contributed by atoms with Gasteiger partial charge in [-0.1, -0.05) is 6.07 Å². The van der Waals surface area contributed by atoms with E-state index in [4.69, 9.17) is 19.3 Å². The van der Waals surface area contributed by atoms with Gasteiger partial charge in [0.2, 0.25) is 11.6 Å². The second-order valence-corrected chi connectivity index (χ2v) is 4.24. The van der Waals surface area contributed by atoms with Crippen molar-refractivity contribution in [1.29, 1.82) is 0 Å². The quantitative estimate of drug-likeness (QED) is 0.911. The minimum atomic E-state index is -1.04. The molecule has 0 aliphatic heterocycles. The molecular weight excluding hydrogens is 274 g/mol. The molecule has 0 saturated heterocycles. The summed E-state index contributed by atoms with van der Waals surface area (Å²) in [5.74, 6) is 0.645. The summed E-state index contributed by atoms with van der Waals surface area (Å²) in [6, 6.07) is 6.74. The molecule has 1 aromatic carbocycles. The van der Waals surface area contributed by atoms with Crippen LogP contribution < -0.4 is 14.2 Å². The molecule has 0 bridgehead atoms. The lowest BCUT2D eigenvalue weighted by atomic mass is 10.2. The van der Waals surface area contributed by atoms with E-state index in [0.717, 1.165) is 0 Å². The highest BCUT2D eigenvalue weighted by Crippen LogP contribution is 2.40. The Morgan fingerprint density at radius 1 is 1.19 bits per heavy atom. The highest BCUT2D eigenvalue weighted by Gasteiger charge is 2.15. The first kappa shape index (κ1) is 14.6. The normalized spacial score (nSPS) is 10.0. The van der Waals surface area contributed by atoms with Gasteiger partial charge in [-0.2, -0.15) is 0 Å². The molecule has 1 aromatic heterocycles. The predicted molar refractivity (Wildman–Crippen MR) is 75.6 cm³/mol. The Bertz CT molecular complexity index is 647. The fourth-order valence-corrected chi connectivity index (χ4v) is 1.80. The van der Waals surface area contributed by atoms with Crippen LogP contribution in [0.25, 0.3) is 0 Å². The van der Waals surface area contributed by atoms with Crippen LogP contribution in [0.3, 0.4) is 0 Å². The number of benzene rings is 1. The van der Waals surface area contributed by atoms with Crippen LogP contribution in [0.1, 0.15) is 15.9 Å². The summed E-state index contributed by atoms with van der Waals surface area (Å²) in [4.78, 5) is 14.9. The first-order valence-electron chi connectivity index (χ1n) is 6.15. The van der Waals surface area contributed by atoms with E-state index < -0.39 is 5.97 Å². The van der Waals surface area contributed by atoms with Crippen molar-refractivity contribution < 1.29 is 24.1 Å². The Hall–Kier alpha value is -2.76. The van der Waals surface area contributed by atoms with Crippen LogP contribution in [-0.4, -0.2) is 30.3 Å². The van der Waals surface area contributed by atoms with E-state index in [9.17, 15) is 4.79 Å². The molecule has 21 heavy (non-hydrogen) atoms. The molecule has 0 amide bonds. The minimum Gasteiger partial charge on any atom is -0.493 e. The Morgan fingerprint density at radius 3 is 2.29 bits per heavy atom. The van der Waals surface area contributed by atoms with Crippen molar-refractivity contribution >= 4 is 5.97 Å². The number of ether oxygens (including phenoxy) is 3. The molecule has 0 aliphatic rings. The maximum absolute atomic E-state index is 10.9. The third kappa shape index (κ3) is 3.05. The van der Waals surface area contributed by atoms with Gasteiger partial charge >= 0.3 is 5.97 Å². The van der Waals surface area contributed by atoms with Crippen molar-refractivity contribution in [2.75, 3.05) is 14.2 Å². The van der Waals surface area contributed by atoms with Crippen molar-refractivity contribution in [2.24, 2.45) is 0 Å². The van der Waals surface area contributed by atoms with Gasteiger partial charge in [0, 0.05) is 11.8 Å². The first-order valence-corrected chi connectivity index (χ1v) is 6.15. The average Bonchev–Trinajstić information content (AvgIpc) is 2.49. The first-order chi connectivity index (χ1) is 10.1. The van der Waals surface area contributed by atoms with E-state index in [1.165, 1.54) is 26.5 Å².